The second-order valence-corrected chi connectivity index (χ2v) is 5.05. The van der Waals surface area contributed by atoms with Crippen LogP contribution in [0.4, 0.5) is 0 Å². The lowest BCUT2D eigenvalue weighted by Gasteiger charge is -2.14. The summed E-state index contributed by atoms with van der Waals surface area (Å²) in [6.45, 7) is 0.275. The molecule has 5 heteroatoms. The summed E-state index contributed by atoms with van der Waals surface area (Å²) in [4.78, 5) is 0. The van der Waals surface area contributed by atoms with Gasteiger partial charge in [0.15, 0.2) is 11.5 Å². The van der Waals surface area contributed by atoms with Crippen LogP contribution in [0.25, 0.3) is 0 Å². The number of para-hydroxylation sites is 1. The Kier molecular flexibility index (Phi) is 5.07. The quantitative estimate of drug-likeness (QED) is 0.822. The predicted molar refractivity (Wildman–Crippen MR) is 82.7 cm³/mol. The summed E-state index contributed by atoms with van der Waals surface area (Å²) in [5.41, 5.74) is 1.36. The Morgan fingerprint density at radius 2 is 1.86 bits per heavy atom. The molecule has 0 unspecified atom stereocenters. The van der Waals surface area contributed by atoms with Gasteiger partial charge in [0, 0.05) is 5.56 Å². The van der Waals surface area contributed by atoms with E-state index < -0.39 is 0 Å². The van der Waals surface area contributed by atoms with Crippen LogP contribution in [0.2, 0.25) is 0 Å². The molecule has 0 amide bonds. The lowest BCUT2D eigenvalue weighted by Crippen LogP contribution is -2.01. The molecule has 0 heterocycles. The normalized spacial score (nSPS) is 9.81. The van der Waals surface area contributed by atoms with E-state index >= 15 is 0 Å². The van der Waals surface area contributed by atoms with E-state index in [9.17, 15) is 0 Å². The highest BCUT2D eigenvalue weighted by molar-refractivity contribution is 9.10. The van der Waals surface area contributed by atoms with Crippen molar-refractivity contribution in [2.75, 3.05) is 14.2 Å². The Bertz CT molecular complexity index is 680. The molecule has 0 aliphatic rings. The zero-order valence-corrected chi connectivity index (χ0v) is 13.3. The Morgan fingerprint density at radius 3 is 2.52 bits per heavy atom. The van der Waals surface area contributed by atoms with E-state index in [0.717, 1.165) is 10.0 Å². The Labute approximate surface area is 132 Å². The maximum atomic E-state index is 8.98. The van der Waals surface area contributed by atoms with E-state index in [2.05, 4.69) is 22.0 Å². The molecule has 0 bridgehead atoms. The first-order valence-corrected chi connectivity index (χ1v) is 7.01. The molecule has 0 aliphatic heterocycles. The first kappa shape index (κ1) is 15.2. The molecule has 2 aromatic carbocycles. The van der Waals surface area contributed by atoms with E-state index in [0.29, 0.717) is 22.8 Å². The maximum absolute atomic E-state index is 8.98. The largest absolute Gasteiger partial charge is 0.496 e. The lowest BCUT2D eigenvalue weighted by atomic mass is 10.1. The molecule has 21 heavy (non-hydrogen) atoms. The molecular formula is C16H14BrNO3. The molecular weight excluding hydrogens is 334 g/mol. The summed E-state index contributed by atoms with van der Waals surface area (Å²) >= 11 is 3.44. The van der Waals surface area contributed by atoms with E-state index in [1.54, 1.807) is 32.4 Å². The van der Waals surface area contributed by atoms with Crippen LogP contribution in [0.5, 0.6) is 17.2 Å². The predicted octanol–water partition coefficient (Wildman–Crippen LogP) is 3.92. The zero-order chi connectivity index (χ0) is 15.2. The average molecular weight is 348 g/mol. The molecule has 0 saturated heterocycles. The summed E-state index contributed by atoms with van der Waals surface area (Å²) in [5, 5.41) is 8.98. The van der Waals surface area contributed by atoms with Crippen LogP contribution < -0.4 is 14.2 Å². The summed E-state index contributed by atoms with van der Waals surface area (Å²) in [6.07, 6.45) is 0. The number of nitriles is 1. The third-order valence-corrected chi connectivity index (χ3v) is 3.56. The van der Waals surface area contributed by atoms with Crippen LogP contribution in [-0.4, -0.2) is 14.2 Å². The Hall–Kier alpha value is -2.19. The van der Waals surface area contributed by atoms with E-state index in [1.807, 2.05) is 18.2 Å². The van der Waals surface area contributed by atoms with Crippen LogP contribution in [0.15, 0.2) is 40.9 Å². The molecule has 0 saturated carbocycles. The third-order valence-electron chi connectivity index (χ3n) is 2.93. The summed E-state index contributed by atoms with van der Waals surface area (Å²) in [6, 6.07) is 12.9. The van der Waals surface area contributed by atoms with Crippen molar-refractivity contribution in [3.63, 3.8) is 0 Å². The van der Waals surface area contributed by atoms with Gasteiger partial charge in [-0.1, -0.05) is 6.07 Å². The van der Waals surface area contributed by atoms with Crippen LogP contribution in [0, 0.1) is 11.3 Å². The third kappa shape index (κ3) is 3.47. The SMILES string of the molecule is COc1ccc(C#N)cc1COc1c(Br)cccc1OC. The molecule has 4 nitrogen and oxygen atoms in total. The van der Waals surface area contributed by atoms with Crippen molar-refractivity contribution in [1.29, 1.82) is 5.26 Å². The minimum Gasteiger partial charge on any atom is -0.496 e. The smallest absolute Gasteiger partial charge is 0.175 e. The maximum Gasteiger partial charge on any atom is 0.175 e. The van der Waals surface area contributed by atoms with Crippen LogP contribution in [-0.2, 0) is 6.61 Å². The highest BCUT2D eigenvalue weighted by atomic mass is 79.9. The van der Waals surface area contributed by atoms with Gasteiger partial charge in [0.05, 0.1) is 30.3 Å². The Balaban J connectivity index is 2.26. The van der Waals surface area contributed by atoms with Crippen molar-refractivity contribution in [3.8, 4) is 23.3 Å². The molecule has 2 aromatic rings. The fourth-order valence-corrected chi connectivity index (χ4v) is 2.36. The summed E-state index contributed by atoms with van der Waals surface area (Å²) < 4.78 is 17.2. The van der Waals surface area contributed by atoms with Crippen molar-refractivity contribution in [2.24, 2.45) is 0 Å². The van der Waals surface area contributed by atoms with Crippen LogP contribution in [0.1, 0.15) is 11.1 Å². The zero-order valence-electron chi connectivity index (χ0n) is 11.7. The highest BCUT2D eigenvalue weighted by Gasteiger charge is 2.11. The minimum absolute atomic E-state index is 0.275. The van der Waals surface area contributed by atoms with E-state index in [1.165, 1.54) is 0 Å². The van der Waals surface area contributed by atoms with Gasteiger partial charge in [0.25, 0.3) is 0 Å². The second-order valence-electron chi connectivity index (χ2n) is 4.20. The van der Waals surface area contributed by atoms with Gasteiger partial charge in [-0.15, -0.1) is 0 Å². The van der Waals surface area contributed by atoms with E-state index in [4.69, 9.17) is 19.5 Å². The molecule has 0 N–H and O–H groups in total. The highest BCUT2D eigenvalue weighted by Crippen LogP contribution is 2.36. The number of hydrogen-bond acceptors (Lipinski definition) is 4. The topological polar surface area (TPSA) is 51.5 Å². The molecule has 0 atom stereocenters. The van der Waals surface area contributed by atoms with E-state index in [-0.39, 0.29) is 6.61 Å². The molecule has 0 aromatic heterocycles. The van der Waals surface area contributed by atoms with Crippen molar-refractivity contribution < 1.29 is 14.2 Å². The van der Waals surface area contributed by atoms with Gasteiger partial charge in [-0.25, -0.2) is 0 Å². The second kappa shape index (κ2) is 7.00. The van der Waals surface area contributed by atoms with Gasteiger partial charge in [-0.2, -0.15) is 5.26 Å². The first-order chi connectivity index (χ1) is 10.2. The van der Waals surface area contributed by atoms with Gasteiger partial charge in [0.2, 0.25) is 0 Å². The Morgan fingerprint density at radius 1 is 1.10 bits per heavy atom. The molecule has 0 radical (unpaired) electrons. The van der Waals surface area contributed by atoms with Gasteiger partial charge in [-0.3, -0.25) is 0 Å². The molecule has 0 spiro atoms. The minimum atomic E-state index is 0.275. The van der Waals surface area contributed by atoms with Crippen molar-refractivity contribution in [2.45, 2.75) is 6.61 Å². The van der Waals surface area contributed by atoms with Gasteiger partial charge < -0.3 is 14.2 Å². The van der Waals surface area contributed by atoms with Crippen LogP contribution in [0.3, 0.4) is 0 Å². The standard InChI is InChI=1S/C16H14BrNO3/c1-19-14-7-6-11(9-18)8-12(14)10-21-16-13(17)4-3-5-15(16)20-2/h3-8H,10H2,1-2H3. The summed E-state index contributed by atoms with van der Waals surface area (Å²) in [7, 11) is 3.18. The van der Waals surface area contributed by atoms with Gasteiger partial charge >= 0.3 is 0 Å². The first-order valence-electron chi connectivity index (χ1n) is 6.22. The number of nitrogens with zero attached hydrogens (tertiary/aromatic N) is 1. The number of methoxy groups -OCH3 is 2. The molecule has 108 valence electrons. The van der Waals surface area contributed by atoms with Crippen molar-refractivity contribution in [3.05, 3.63) is 52.0 Å². The molecule has 0 fully saturated rings. The molecule has 2 rings (SSSR count). The lowest BCUT2D eigenvalue weighted by molar-refractivity contribution is 0.276. The fourth-order valence-electron chi connectivity index (χ4n) is 1.90. The van der Waals surface area contributed by atoms with Crippen molar-refractivity contribution >= 4 is 15.9 Å². The van der Waals surface area contributed by atoms with Gasteiger partial charge in [0.1, 0.15) is 12.4 Å². The number of hydrogen-bond donors (Lipinski definition) is 0. The number of halogens is 1. The number of rotatable bonds is 5. The molecule has 0 aliphatic carbocycles. The van der Waals surface area contributed by atoms with Crippen molar-refractivity contribution in [1.82, 2.24) is 0 Å². The van der Waals surface area contributed by atoms with Crippen LogP contribution >= 0.6 is 15.9 Å². The van der Waals surface area contributed by atoms with Gasteiger partial charge in [-0.05, 0) is 46.3 Å². The monoisotopic (exact) mass is 347 g/mol. The fraction of sp³-hybridized carbons (Fsp3) is 0.188. The summed E-state index contributed by atoms with van der Waals surface area (Å²) in [5.74, 6) is 1.93. The average Bonchev–Trinajstić information content (AvgIpc) is 2.53. The number of ether oxygens (including phenoxy) is 3. The number of benzene rings is 2.